The number of rotatable bonds is 6. The second kappa shape index (κ2) is 7.16. The summed E-state index contributed by atoms with van der Waals surface area (Å²) in [6.07, 6.45) is 4.71. The minimum absolute atomic E-state index is 0.0902. The minimum Gasteiger partial charge on any atom is -0.481 e. The lowest BCUT2D eigenvalue weighted by molar-refractivity contribution is 0.0528. The summed E-state index contributed by atoms with van der Waals surface area (Å²) < 4.78 is 11.9. The van der Waals surface area contributed by atoms with Crippen molar-refractivity contribution in [2.45, 2.75) is 19.9 Å². The zero-order valence-electron chi connectivity index (χ0n) is 14.3. The largest absolute Gasteiger partial charge is 0.481 e. The van der Waals surface area contributed by atoms with Crippen molar-refractivity contribution in [2.24, 2.45) is 0 Å². The second-order valence-electron chi connectivity index (χ2n) is 5.35. The van der Waals surface area contributed by atoms with Gasteiger partial charge < -0.3 is 14.8 Å². The van der Waals surface area contributed by atoms with Gasteiger partial charge in [0.25, 0.3) is 0 Å². The van der Waals surface area contributed by atoms with E-state index in [1.807, 2.05) is 19.1 Å². The number of nitrogens with one attached hydrogen (secondary N) is 1. The van der Waals surface area contributed by atoms with Crippen molar-refractivity contribution in [2.75, 3.05) is 19.0 Å². The lowest BCUT2D eigenvalue weighted by Gasteiger charge is -2.17. The first kappa shape index (κ1) is 16.7. The third-order valence-electron chi connectivity index (χ3n) is 3.73. The third-order valence-corrected chi connectivity index (χ3v) is 3.73. The topological polar surface area (TPSA) is 90.6 Å². The number of aromatic nitrogens is 4. The summed E-state index contributed by atoms with van der Waals surface area (Å²) in [7, 11) is 1.58. The lowest BCUT2D eigenvalue weighted by atomic mass is 10.1. The van der Waals surface area contributed by atoms with Gasteiger partial charge in [-0.05, 0) is 19.9 Å². The number of esters is 1. The van der Waals surface area contributed by atoms with Crippen LogP contribution in [0.5, 0.6) is 5.88 Å². The van der Waals surface area contributed by atoms with E-state index < -0.39 is 5.97 Å². The first-order valence-electron chi connectivity index (χ1n) is 7.90. The van der Waals surface area contributed by atoms with Crippen LogP contribution in [0.1, 0.15) is 35.8 Å². The molecule has 0 aromatic carbocycles. The SMILES string of the molecule is CCOC(=O)c1cnn2cnc(N[C@H](C)c3cccnc3OC)cc12. The van der Waals surface area contributed by atoms with Gasteiger partial charge in [0.2, 0.25) is 5.88 Å². The number of hydrogen-bond donors (Lipinski definition) is 1. The average molecular weight is 341 g/mol. The Morgan fingerprint density at radius 2 is 2.24 bits per heavy atom. The number of nitrogens with zero attached hydrogens (tertiary/aromatic N) is 4. The van der Waals surface area contributed by atoms with Gasteiger partial charge in [0, 0.05) is 17.8 Å². The molecule has 8 nitrogen and oxygen atoms in total. The van der Waals surface area contributed by atoms with Crippen molar-refractivity contribution in [3.8, 4) is 5.88 Å². The zero-order chi connectivity index (χ0) is 17.8. The van der Waals surface area contributed by atoms with E-state index in [1.165, 1.54) is 10.7 Å². The summed E-state index contributed by atoms with van der Waals surface area (Å²) in [5.41, 5.74) is 1.94. The van der Waals surface area contributed by atoms with Crippen LogP contribution in [-0.2, 0) is 4.74 Å². The molecule has 0 saturated carbocycles. The predicted octanol–water partition coefficient (Wildman–Crippen LogP) is 2.48. The number of pyridine rings is 1. The highest BCUT2D eigenvalue weighted by atomic mass is 16.5. The molecule has 0 fully saturated rings. The number of methoxy groups -OCH3 is 1. The molecule has 0 aliphatic rings. The highest BCUT2D eigenvalue weighted by Gasteiger charge is 2.16. The molecule has 1 atom stereocenters. The number of carbonyl (C=O) groups excluding carboxylic acids is 1. The predicted molar refractivity (Wildman–Crippen MR) is 91.8 cm³/mol. The second-order valence-corrected chi connectivity index (χ2v) is 5.35. The summed E-state index contributed by atoms with van der Waals surface area (Å²) in [5.74, 6) is 0.758. The van der Waals surface area contributed by atoms with E-state index in [0.717, 1.165) is 5.56 Å². The average Bonchev–Trinajstić information content (AvgIpc) is 3.05. The Kier molecular flexibility index (Phi) is 4.78. The highest BCUT2D eigenvalue weighted by Crippen LogP contribution is 2.25. The number of carbonyl (C=O) groups is 1. The molecule has 0 saturated heterocycles. The molecule has 3 aromatic heterocycles. The Morgan fingerprint density at radius 1 is 1.40 bits per heavy atom. The van der Waals surface area contributed by atoms with E-state index in [0.29, 0.717) is 29.4 Å². The van der Waals surface area contributed by atoms with Gasteiger partial charge in [0.15, 0.2) is 0 Å². The van der Waals surface area contributed by atoms with E-state index in [9.17, 15) is 4.79 Å². The quantitative estimate of drug-likeness (QED) is 0.689. The van der Waals surface area contributed by atoms with Gasteiger partial charge in [0.05, 0.1) is 31.5 Å². The maximum absolute atomic E-state index is 12.0. The van der Waals surface area contributed by atoms with Gasteiger partial charge >= 0.3 is 5.97 Å². The number of fused-ring (bicyclic) bond motifs is 1. The van der Waals surface area contributed by atoms with Gasteiger partial charge in [-0.1, -0.05) is 6.07 Å². The Bertz CT molecular complexity index is 893. The molecule has 3 heterocycles. The van der Waals surface area contributed by atoms with Gasteiger partial charge in [-0.2, -0.15) is 5.10 Å². The van der Waals surface area contributed by atoms with Crippen molar-refractivity contribution in [3.05, 3.63) is 48.0 Å². The van der Waals surface area contributed by atoms with Gasteiger partial charge in [-0.3, -0.25) is 0 Å². The molecule has 0 spiro atoms. The fraction of sp³-hybridized carbons (Fsp3) is 0.294. The number of ether oxygens (including phenoxy) is 2. The van der Waals surface area contributed by atoms with Crippen LogP contribution in [0.3, 0.4) is 0 Å². The first-order chi connectivity index (χ1) is 12.1. The van der Waals surface area contributed by atoms with Crippen LogP contribution in [0.15, 0.2) is 36.9 Å². The summed E-state index contributed by atoms with van der Waals surface area (Å²) in [6.45, 7) is 4.05. The fourth-order valence-electron chi connectivity index (χ4n) is 2.54. The standard InChI is InChI=1S/C17H19N5O3/c1-4-25-17(23)13-9-20-22-10-19-15(8-14(13)22)21-11(2)12-6-5-7-18-16(12)24-3/h5-11,21H,4H2,1-3H3/t11-/m1/s1. The van der Waals surface area contributed by atoms with E-state index in [-0.39, 0.29) is 6.04 Å². The Morgan fingerprint density at radius 3 is 3.00 bits per heavy atom. The van der Waals surface area contributed by atoms with E-state index in [4.69, 9.17) is 9.47 Å². The van der Waals surface area contributed by atoms with Gasteiger partial charge in [-0.15, -0.1) is 0 Å². The van der Waals surface area contributed by atoms with Crippen molar-refractivity contribution in [3.63, 3.8) is 0 Å². The molecule has 3 rings (SSSR count). The minimum atomic E-state index is -0.406. The smallest absolute Gasteiger partial charge is 0.341 e. The Hall–Kier alpha value is -3.16. The monoisotopic (exact) mass is 341 g/mol. The molecule has 0 aliphatic carbocycles. The Balaban J connectivity index is 1.89. The number of anilines is 1. The molecule has 0 amide bonds. The van der Waals surface area contributed by atoms with Gasteiger partial charge in [-0.25, -0.2) is 19.3 Å². The maximum Gasteiger partial charge on any atom is 0.341 e. The summed E-state index contributed by atoms with van der Waals surface area (Å²) >= 11 is 0. The van der Waals surface area contributed by atoms with Crippen LogP contribution in [0, 0.1) is 0 Å². The third kappa shape index (κ3) is 3.37. The van der Waals surface area contributed by atoms with Crippen molar-refractivity contribution >= 4 is 17.3 Å². The molecule has 25 heavy (non-hydrogen) atoms. The van der Waals surface area contributed by atoms with Crippen molar-refractivity contribution < 1.29 is 14.3 Å². The molecule has 130 valence electrons. The normalized spacial score (nSPS) is 12.0. The fourth-order valence-corrected chi connectivity index (χ4v) is 2.54. The van der Waals surface area contributed by atoms with Crippen LogP contribution in [0.2, 0.25) is 0 Å². The summed E-state index contributed by atoms with van der Waals surface area (Å²) in [5, 5.41) is 7.41. The molecule has 3 aromatic rings. The van der Waals surface area contributed by atoms with Crippen LogP contribution >= 0.6 is 0 Å². The van der Waals surface area contributed by atoms with E-state index in [2.05, 4.69) is 20.4 Å². The maximum atomic E-state index is 12.0. The molecule has 0 unspecified atom stereocenters. The van der Waals surface area contributed by atoms with E-state index >= 15 is 0 Å². The van der Waals surface area contributed by atoms with Crippen molar-refractivity contribution in [1.29, 1.82) is 0 Å². The molecular formula is C17H19N5O3. The van der Waals surface area contributed by atoms with Gasteiger partial charge in [0.1, 0.15) is 17.7 Å². The summed E-state index contributed by atoms with van der Waals surface area (Å²) in [4.78, 5) is 20.5. The Labute approximate surface area is 144 Å². The molecule has 0 radical (unpaired) electrons. The van der Waals surface area contributed by atoms with Crippen LogP contribution in [0.25, 0.3) is 5.52 Å². The first-order valence-corrected chi connectivity index (χ1v) is 7.90. The molecular weight excluding hydrogens is 322 g/mol. The lowest BCUT2D eigenvalue weighted by Crippen LogP contribution is -2.11. The van der Waals surface area contributed by atoms with E-state index in [1.54, 1.807) is 32.6 Å². The molecule has 0 aliphatic heterocycles. The number of hydrogen-bond acceptors (Lipinski definition) is 7. The van der Waals surface area contributed by atoms with Crippen LogP contribution in [0.4, 0.5) is 5.82 Å². The summed E-state index contributed by atoms with van der Waals surface area (Å²) in [6, 6.07) is 5.46. The highest BCUT2D eigenvalue weighted by molar-refractivity contribution is 5.97. The molecule has 1 N–H and O–H groups in total. The molecule has 8 heteroatoms. The zero-order valence-corrected chi connectivity index (χ0v) is 14.3. The van der Waals surface area contributed by atoms with Crippen molar-refractivity contribution in [1.82, 2.24) is 19.6 Å². The molecule has 0 bridgehead atoms. The van der Waals surface area contributed by atoms with Crippen LogP contribution < -0.4 is 10.1 Å². The van der Waals surface area contributed by atoms with Crippen LogP contribution in [-0.4, -0.2) is 39.3 Å².